The van der Waals surface area contributed by atoms with Crippen molar-refractivity contribution in [1.29, 1.82) is 0 Å². The summed E-state index contributed by atoms with van der Waals surface area (Å²) in [5, 5.41) is 9.82. The first kappa shape index (κ1) is 21.1. The van der Waals surface area contributed by atoms with Gasteiger partial charge in [0.1, 0.15) is 5.75 Å². The van der Waals surface area contributed by atoms with E-state index in [0.717, 1.165) is 49.0 Å². The Hall–Kier alpha value is -2.58. The molecule has 3 aromatic carbocycles. The van der Waals surface area contributed by atoms with E-state index in [1.165, 1.54) is 11.1 Å². The van der Waals surface area contributed by atoms with Gasteiger partial charge in [0.05, 0.1) is 12.2 Å². The Morgan fingerprint density at radius 3 is 1.69 bits per heavy atom. The number of aliphatic hydroxyl groups is 1. The zero-order chi connectivity index (χ0) is 20.5. The molecular weight excluding hydrogens is 356 g/mol. The lowest BCUT2D eigenvalue weighted by atomic mass is 9.97. The first-order valence-corrected chi connectivity index (χ1v) is 10.6. The van der Waals surface area contributed by atoms with Crippen LogP contribution in [0.15, 0.2) is 78.9 Å². The second-order valence-corrected chi connectivity index (χ2v) is 8.24. The van der Waals surface area contributed by atoms with Crippen molar-refractivity contribution in [2.45, 2.75) is 51.6 Å². The minimum Gasteiger partial charge on any atom is -0.492 e. The van der Waals surface area contributed by atoms with Gasteiger partial charge in [-0.3, -0.25) is 0 Å². The summed E-state index contributed by atoms with van der Waals surface area (Å²) in [5.41, 5.74) is 4.05. The van der Waals surface area contributed by atoms with E-state index in [1.54, 1.807) is 0 Å². The third kappa shape index (κ3) is 6.47. The molecule has 1 N–H and O–H groups in total. The van der Waals surface area contributed by atoms with Gasteiger partial charge in [-0.05, 0) is 37.8 Å². The van der Waals surface area contributed by atoms with E-state index in [-0.39, 0.29) is 0 Å². The number of hydrogen-bond donors (Lipinski definition) is 1. The molecule has 0 saturated heterocycles. The molecule has 0 aliphatic heterocycles. The molecular formula is C27H32O2. The van der Waals surface area contributed by atoms with Crippen molar-refractivity contribution < 1.29 is 9.84 Å². The van der Waals surface area contributed by atoms with Crippen LogP contribution < -0.4 is 4.74 Å². The summed E-state index contributed by atoms with van der Waals surface area (Å²) in [6.45, 7) is 4.45. The molecule has 0 unspecified atom stereocenters. The van der Waals surface area contributed by atoms with E-state index in [2.05, 4.69) is 66.7 Å². The topological polar surface area (TPSA) is 29.5 Å². The Morgan fingerprint density at radius 2 is 1.17 bits per heavy atom. The van der Waals surface area contributed by atoms with Crippen LogP contribution in [0.25, 0.3) is 22.3 Å². The number of benzene rings is 3. The molecule has 0 amide bonds. The highest BCUT2D eigenvalue weighted by Gasteiger charge is 2.14. The van der Waals surface area contributed by atoms with E-state index < -0.39 is 5.60 Å². The van der Waals surface area contributed by atoms with Crippen LogP contribution in [0.3, 0.4) is 0 Å². The second kappa shape index (κ2) is 10.3. The highest BCUT2D eigenvalue weighted by molar-refractivity contribution is 5.82. The summed E-state index contributed by atoms with van der Waals surface area (Å²) in [4.78, 5) is 0. The van der Waals surface area contributed by atoms with Crippen LogP contribution in [0, 0.1) is 0 Å². The van der Waals surface area contributed by atoms with Gasteiger partial charge in [-0.15, -0.1) is 0 Å². The molecule has 3 rings (SSSR count). The average Bonchev–Trinajstić information content (AvgIpc) is 2.73. The zero-order valence-electron chi connectivity index (χ0n) is 17.6. The predicted molar refractivity (Wildman–Crippen MR) is 122 cm³/mol. The molecule has 0 aliphatic rings. The van der Waals surface area contributed by atoms with Gasteiger partial charge in [-0.25, -0.2) is 0 Å². The van der Waals surface area contributed by atoms with Crippen LogP contribution in [0.5, 0.6) is 5.75 Å². The third-order valence-corrected chi connectivity index (χ3v) is 5.11. The van der Waals surface area contributed by atoms with Gasteiger partial charge < -0.3 is 9.84 Å². The molecule has 0 atom stereocenters. The quantitative estimate of drug-likeness (QED) is 0.375. The standard InChI is InChI=1S/C27H32O2/c1-27(2,28)20-11-3-4-12-21-29-26-24(22-14-7-5-8-15-22)18-13-19-25(26)23-16-9-6-10-17-23/h5-10,13-19,28H,3-4,11-12,20-21H2,1-2H3. The monoisotopic (exact) mass is 388 g/mol. The molecule has 29 heavy (non-hydrogen) atoms. The van der Waals surface area contributed by atoms with Gasteiger partial charge in [-0.2, -0.15) is 0 Å². The summed E-state index contributed by atoms with van der Waals surface area (Å²) in [5.74, 6) is 0.960. The van der Waals surface area contributed by atoms with Crippen molar-refractivity contribution in [3.05, 3.63) is 78.9 Å². The lowest BCUT2D eigenvalue weighted by Gasteiger charge is -2.17. The number of unbranched alkanes of at least 4 members (excludes halogenated alkanes) is 3. The summed E-state index contributed by atoms with van der Waals surface area (Å²) in [6.07, 6.45) is 5.16. The lowest BCUT2D eigenvalue weighted by Crippen LogP contribution is -2.17. The molecule has 2 heteroatoms. The first-order chi connectivity index (χ1) is 14.0. The van der Waals surface area contributed by atoms with E-state index in [9.17, 15) is 5.11 Å². The molecule has 0 aliphatic carbocycles. The highest BCUT2D eigenvalue weighted by atomic mass is 16.5. The largest absolute Gasteiger partial charge is 0.492 e. The molecule has 0 fully saturated rings. The third-order valence-electron chi connectivity index (χ3n) is 5.11. The van der Waals surface area contributed by atoms with Crippen molar-refractivity contribution in [2.75, 3.05) is 6.61 Å². The Kier molecular flexibility index (Phi) is 7.48. The normalized spacial score (nSPS) is 11.4. The maximum atomic E-state index is 9.82. The summed E-state index contributed by atoms with van der Waals surface area (Å²) < 4.78 is 6.38. The molecule has 0 saturated carbocycles. The van der Waals surface area contributed by atoms with Crippen molar-refractivity contribution in [1.82, 2.24) is 0 Å². The maximum Gasteiger partial charge on any atom is 0.134 e. The summed E-state index contributed by atoms with van der Waals surface area (Å²) in [7, 11) is 0. The molecule has 0 spiro atoms. The molecule has 3 aromatic rings. The fourth-order valence-electron chi connectivity index (χ4n) is 3.57. The van der Waals surface area contributed by atoms with Crippen LogP contribution in [0.1, 0.15) is 46.0 Å². The van der Waals surface area contributed by atoms with Crippen molar-refractivity contribution in [3.8, 4) is 28.0 Å². The molecule has 0 radical (unpaired) electrons. The van der Waals surface area contributed by atoms with Crippen molar-refractivity contribution in [2.24, 2.45) is 0 Å². The van der Waals surface area contributed by atoms with Crippen LogP contribution in [0.4, 0.5) is 0 Å². The lowest BCUT2D eigenvalue weighted by molar-refractivity contribution is 0.0679. The number of ether oxygens (including phenoxy) is 1. The van der Waals surface area contributed by atoms with Crippen LogP contribution >= 0.6 is 0 Å². The van der Waals surface area contributed by atoms with Gasteiger partial charge in [0.25, 0.3) is 0 Å². The fraction of sp³-hybridized carbons (Fsp3) is 0.333. The molecule has 0 heterocycles. The molecule has 0 bridgehead atoms. The van der Waals surface area contributed by atoms with E-state index >= 15 is 0 Å². The van der Waals surface area contributed by atoms with Crippen LogP contribution in [0.2, 0.25) is 0 Å². The van der Waals surface area contributed by atoms with Crippen molar-refractivity contribution in [3.63, 3.8) is 0 Å². The maximum absolute atomic E-state index is 9.82. The Balaban J connectivity index is 1.72. The first-order valence-electron chi connectivity index (χ1n) is 10.6. The fourth-order valence-corrected chi connectivity index (χ4v) is 3.57. The highest BCUT2D eigenvalue weighted by Crippen LogP contribution is 2.39. The molecule has 0 aromatic heterocycles. The van der Waals surface area contributed by atoms with Crippen LogP contribution in [-0.4, -0.2) is 17.3 Å². The Bertz CT molecular complexity index is 806. The van der Waals surface area contributed by atoms with Gasteiger partial charge in [-0.1, -0.05) is 98.1 Å². The van der Waals surface area contributed by atoms with E-state index in [1.807, 2.05) is 26.0 Å². The average molecular weight is 389 g/mol. The molecule has 152 valence electrons. The van der Waals surface area contributed by atoms with Crippen LogP contribution in [-0.2, 0) is 0 Å². The van der Waals surface area contributed by atoms with Gasteiger partial charge in [0.2, 0.25) is 0 Å². The van der Waals surface area contributed by atoms with E-state index in [0.29, 0.717) is 6.61 Å². The zero-order valence-corrected chi connectivity index (χ0v) is 17.6. The SMILES string of the molecule is CC(C)(O)CCCCCCOc1c(-c2ccccc2)cccc1-c1ccccc1. The smallest absolute Gasteiger partial charge is 0.134 e. The minimum absolute atomic E-state index is 0.560. The van der Waals surface area contributed by atoms with Gasteiger partial charge >= 0.3 is 0 Å². The van der Waals surface area contributed by atoms with Gasteiger partial charge in [0.15, 0.2) is 0 Å². The summed E-state index contributed by atoms with van der Waals surface area (Å²) >= 11 is 0. The predicted octanol–water partition coefficient (Wildman–Crippen LogP) is 7.12. The number of rotatable bonds is 10. The van der Waals surface area contributed by atoms with Crippen molar-refractivity contribution >= 4 is 0 Å². The van der Waals surface area contributed by atoms with E-state index in [4.69, 9.17) is 4.74 Å². The summed E-state index contributed by atoms with van der Waals surface area (Å²) in [6, 6.07) is 27.3. The second-order valence-electron chi connectivity index (χ2n) is 8.24. The number of para-hydroxylation sites is 1. The van der Waals surface area contributed by atoms with Gasteiger partial charge in [0, 0.05) is 11.1 Å². The molecule has 2 nitrogen and oxygen atoms in total. The number of hydrogen-bond acceptors (Lipinski definition) is 2. The Morgan fingerprint density at radius 1 is 0.655 bits per heavy atom. The Labute approximate surface area is 175 Å². The minimum atomic E-state index is -0.560.